The first kappa shape index (κ1) is 13.2. The minimum Gasteiger partial charge on any atom is -0.476 e. The molecule has 0 radical (unpaired) electrons. The summed E-state index contributed by atoms with van der Waals surface area (Å²) in [5.74, 6) is -0.651. The number of carbonyl (C=O) groups is 2. The Hall–Kier alpha value is -1.27. The van der Waals surface area contributed by atoms with E-state index in [1.165, 1.54) is 4.90 Å². The van der Waals surface area contributed by atoms with Crippen molar-refractivity contribution in [3.05, 3.63) is 22.7 Å². The molecule has 0 fully saturated rings. The second-order valence-corrected chi connectivity index (χ2v) is 4.94. The van der Waals surface area contributed by atoms with Crippen molar-refractivity contribution < 1.29 is 14.3 Å². The molecule has 1 aliphatic heterocycles. The summed E-state index contributed by atoms with van der Waals surface area (Å²) in [7, 11) is 0. The molecule has 1 atom stereocenters. The number of benzene rings is 1. The van der Waals surface area contributed by atoms with Crippen LogP contribution >= 0.6 is 27.5 Å². The Morgan fingerprint density at radius 1 is 1.56 bits per heavy atom. The highest BCUT2D eigenvalue weighted by atomic mass is 79.9. The SMILES string of the molecule is NC(=O)C1CN(C(=O)CCl)c2ccc(Br)cc2O1. The highest BCUT2D eigenvalue weighted by molar-refractivity contribution is 9.10. The van der Waals surface area contributed by atoms with Crippen molar-refractivity contribution in [2.75, 3.05) is 17.3 Å². The molecule has 7 heteroatoms. The third-order valence-corrected chi connectivity index (χ3v) is 3.28. The molecule has 96 valence electrons. The summed E-state index contributed by atoms with van der Waals surface area (Å²) in [6.07, 6.45) is -0.862. The molecular weight excluding hydrogens is 323 g/mol. The van der Waals surface area contributed by atoms with Crippen LogP contribution in [-0.4, -0.2) is 30.3 Å². The maximum absolute atomic E-state index is 11.8. The van der Waals surface area contributed by atoms with Gasteiger partial charge in [-0.3, -0.25) is 9.59 Å². The number of hydrogen-bond acceptors (Lipinski definition) is 3. The third kappa shape index (κ3) is 2.44. The van der Waals surface area contributed by atoms with E-state index >= 15 is 0 Å². The van der Waals surface area contributed by atoms with Gasteiger partial charge in [-0.2, -0.15) is 0 Å². The van der Waals surface area contributed by atoms with Gasteiger partial charge in [0.05, 0.1) is 12.2 Å². The summed E-state index contributed by atoms with van der Waals surface area (Å²) in [6.45, 7) is 0.0789. The Labute approximate surface area is 117 Å². The number of anilines is 1. The van der Waals surface area contributed by atoms with Crippen LogP contribution in [0.1, 0.15) is 0 Å². The molecule has 2 N–H and O–H groups in total. The first-order chi connectivity index (χ1) is 8.52. The first-order valence-electron chi connectivity index (χ1n) is 5.14. The first-order valence-corrected chi connectivity index (χ1v) is 6.47. The molecule has 2 rings (SSSR count). The minimum atomic E-state index is -0.862. The average Bonchev–Trinajstić information content (AvgIpc) is 2.35. The lowest BCUT2D eigenvalue weighted by atomic mass is 10.2. The molecule has 0 saturated heterocycles. The molecule has 0 bridgehead atoms. The van der Waals surface area contributed by atoms with E-state index in [1.54, 1.807) is 18.2 Å². The molecule has 0 aromatic heterocycles. The largest absolute Gasteiger partial charge is 0.476 e. The van der Waals surface area contributed by atoms with Gasteiger partial charge in [0.1, 0.15) is 11.6 Å². The Morgan fingerprint density at radius 3 is 2.89 bits per heavy atom. The fourth-order valence-corrected chi connectivity index (χ4v) is 2.20. The van der Waals surface area contributed by atoms with E-state index < -0.39 is 12.0 Å². The van der Waals surface area contributed by atoms with E-state index in [9.17, 15) is 9.59 Å². The van der Waals surface area contributed by atoms with Gasteiger partial charge in [0, 0.05) is 4.47 Å². The molecule has 0 aliphatic carbocycles. The van der Waals surface area contributed by atoms with Crippen LogP contribution < -0.4 is 15.4 Å². The summed E-state index contributed by atoms with van der Waals surface area (Å²) >= 11 is 8.85. The van der Waals surface area contributed by atoms with Crippen molar-refractivity contribution >= 4 is 45.0 Å². The van der Waals surface area contributed by atoms with Gasteiger partial charge in [-0.25, -0.2) is 0 Å². The van der Waals surface area contributed by atoms with E-state index in [2.05, 4.69) is 15.9 Å². The number of fused-ring (bicyclic) bond motifs is 1. The predicted octanol–water partition coefficient (Wildman–Crippen LogP) is 1.27. The molecule has 1 aromatic rings. The van der Waals surface area contributed by atoms with Crippen LogP contribution in [0.3, 0.4) is 0 Å². The summed E-state index contributed by atoms with van der Waals surface area (Å²) in [5.41, 5.74) is 5.80. The number of amides is 2. The topological polar surface area (TPSA) is 72.6 Å². The molecule has 1 unspecified atom stereocenters. The number of alkyl halides is 1. The smallest absolute Gasteiger partial charge is 0.260 e. The summed E-state index contributed by atoms with van der Waals surface area (Å²) < 4.78 is 6.24. The molecule has 0 saturated carbocycles. The maximum Gasteiger partial charge on any atom is 0.260 e. The third-order valence-electron chi connectivity index (χ3n) is 2.56. The van der Waals surface area contributed by atoms with Crippen LogP contribution in [0.5, 0.6) is 5.75 Å². The summed E-state index contributed by atoms with van der Waals surface area (Å²) in [5, 5.41) is 0. The van der Waals surface area contributed by atoms with E-state index in [0.29, 0.717) is 11.4 Å². The van der Waals surface area contributed by atoms with Crippen molar-refractivity contribution in [3.63, 3.8) is 0 Å². The number of carbonyl (C=O) groups excluding carboxylic acids is 2. The second-order valence-electron chi connectivity index (χ2n) is 3.76. The Bertz CT molecular complexity index is 509. The normalized spacial score (nSPS) is 17.9. The number of nitrogens with zero attached hydrogens (tertiary/aromatic N) is 1. The number of hydrogen-bond donors (Lipinski definition) is 1. The van der Waals surface area contributed by atoms with Crippen molar-refractivity contribution in [1.82, 2.24) is 0 Å². The van der Waals surface area contributed by atoms with Crippen LogP contribution in [0, 0.1) is 0 Å². The van der Waals surface area contributed by atoms with Gasteiger partial charge in [0.25, 0.3) is 5.91 Å². The van der Waals surface area contributed by atoms with Gasteiger partial charge in [-0.05, 0) is 18.2 Å². The van der Waals surface area contributed by atoms with Gasteiger partial charge in [-0.1, -0.05) is 15.9 Å². The molecule has 5 nitrogen and oxygen atoms in total. The van der Waals surface area contributed by atoms with E-state index in [4.69, 9.17) is 22.1 Å². The van der Waals surface area contributed by atoms with Crippen molar-refractivity contribution in [1.29, 1.82) is 0 Å². The maximum atomic E-state index is 11.8. The van der Waals surface area contributed by atoms with Crippen molar-refractivity contribution in [2.24, 2.45) is 5.73 Å². The lowest BCUT2D eigenvalue weighted by Gasteiger charge is -2.33. The van der Waals surface area contributed by atoms with Gasteiger partial charge in [-0.15, -0.1) is 11.6 Å². The number of rotatable bonds is 2. The molecule has 0 spiro atoms. The van der Waals surface area contributed by atoms with Crippen LogP contribution in [0.15, 0.2) is 22.7 Å². The van der Waals surface area contributed by atoms with Crippen LogP contribution in [0.4, 0.5) is 5.69 Å². The van der Waals surface area contributed by atoms with Crippen LogP contribution in [0.2, 0.25) is 0 Å². The number of ether oxygens (including phenoxy) is 1. The minimum absolute atomic E-state index is 0.0789. The molecular formula is C11H10BrClN2O3. The lowest BCUT2D eigenvalue weighted by Crippen LogP contribution is -2.49. The number of nitrogens with two attached hydrogens (primary N) is 1. The predicted molar refractivity (Wildman–Crippen MR) is 70.8 cm³/mol. The second kappa shape index (κ2) is 5.16. The number of primary amides is 1. The standard InChI is InChI=1S/C11H10BrClN2O3/c12-6-1-2-7-8(3-6)18-9(11(14)17)5-15(7)10(16)4-13/h1-3,9H,4-5H2,(H2,14,17). The van der Waals surface area contributed by atoms with Crippen molar-refractivity contribution in [3.8, 4) is 5.75 Å². The van der Waals surface area contributed by atoms with E-state index in [1.807, 2.05) is 0 Å². The quantitative estimate of drug-likeness (QED) is 0.828. The van der Waals surface area contributed by atoms with Gasteiger partial charge in [0.2, 0.25) is 5.91 Å². The van der Waals surface area contributed by atoms with E-state index in [0.717, 1.165) is 4.47 Å². The van der Waals surface area contributed by atoms with Crippen LogP contribution in [0.25, 0.3) is 0 Å². The molecule has 1 aliphatic rings. The fraction of sp³-hybridized carbons (Fsp3) is 0.273. The zero-order valence-corrected chi connectivity index (χ0v) is 11.6. The fourth-order valence-electron chi connectivity index (χ4n) is 1.72. The lowest BCUT2D eigenvalue weighted by molar-refractivity contribution is -0.125. The van der Waals surface area contributed by atoms with Gasteiger partial charge < -0.3 is 15.4 Å². The zero-order valence-electron chi connectivity index (χ0n) is 9.23. The Kier molecular flexibility index (Phi) is 3.77. The monoisotopic (exact) mass is 332 g/mol. The van der Waals surface area contributed by atoms with Crippen molar-refractivity contribution in [2.45, 2.75) is 6.10 Å². The summed E-state index contributed by atoms with van der Waals surface area (Å²) in [4.78, 5) is 24.4. The molecule has 1 aromatic carbocycles. The van der Waals surface area contributed by atoms with Crippen LogP contribution in [-0.2, 0) is 9.59 Å². The molecule has 18 heavy (non-hydrogen) atoms. The zero-order chi connectivity index (χ0) is 13.3. The average molecular weight is 334 g/mol. The molecule has 1 heterocycles. The Balaban J connectivity index is 2.43. The van der Waals surface area contributed by atoms with E-state index in [-0.39, 0.29) is 18.3 Å². The Morgan fingerprint density at radius 2 is 2.28 bits per heavy atom. The molecule has 2 amide bonds. The highest BCUT2D eigenvalue weighted by Gasteiger charge is 2.32. The van der Waals surface area contributed by atoms with Gasteiger partial charge in [0.15, 0.2) is 6.10 Å². The summed E-state index contributed by atoms with van der Waals surface area (Å²) in [6, 6.07) is 5.18. The highest BCUT2D eigenvalue weighted by Crippen LogP contribution is 2.35. The number of halogens is 2. The van der Waals surface area contributed by atoms with Gasteiger partial charge >= 0.3 is 0 Å².